The fourth-order valence-electron chi connectivity index (χ4n) is 4.60. The first kappa shape index (κ1) is 30.6. The molecular formula is C30H20Cl3F4N3O3. The monoisotopic (exact) mass is 651 g/mol. The van der Waals surface area contributed by atoms with Crippen molar-refractivity contribution in [3.63, 3.8) is 0 Å². The number of nitrogens with zero attached hydrogens (tertiary/aromatic N) is 2. The summed E-state index contributed by atoms with van der Waals surface area (Å²) >= 11 is 17.5. The van der Waals surface area contributed by atoms with E-state index in [0.29, 0.717) is 21.4 Å². The zero-order valence-corrected chi connectivity index (χ0v) is 24.2. The van der Waals surface area contributed by atoms with Gasteiger partial charge >= 0.3 is 6.18 Å². The molecule has 4 aromatic carbocycles. The van der Waals surface area contributed by atoms with E-state index >= 15 is 0 Å². The molecule has 0 saturated heterocycles. The van der Waals surface area contributed by atoms with Gasteiger partial charge in [0.1, 0.15) is 6.61 Å². The lowest BCUT2D eigenvalue weighted by atomic mass is 9.85. The van der Waals surface area contributed by atoms with Crippen molar-refractivity contribution in [1.29, 1.82) is 0 Å². The smallest absolute Gasteiger partial charge is 0.391 e. The van der Waals surface area contributed by atoms with Crippen molar-refractivity contribution >= 4 is 63.4 Å². The Morgan fingerprint density at radius 1 is 1.02 bits per heavy atom. The first-order chi connectivity index (χ1) is 20.5. The Balaban J connectivity index is 1.33. The lowest BCUT2D eigenvalue weighted by molar-refractivity contribution is -0.275. The van der Waals surface area contributed by atoms with Crippen molar-refractivity contribution in [2.45, 2.75) is 24.8 Å². The van der Waals surface area contributed by atoms with Gasteiger partial charge in [-0.1, -0.05) is 87.6 Å². The molecule has 1 atom stereocenters. The van der Waals surface area contributed by atoms with Gasteiger partial charge in [0.05, 0.1) is 28.5 Å². The molecular weight excluding hydrogens is 633 g/mol. The van der Waals surface area contributed by atoms with E-state index in [0.717, 1.165) is 17.7 Å². The van der Waals surface area contributed by atoms with Crippen molar-refractivity contribution in [2.24, 2.45) is 10.3 Å². The molecule has 4 aromatic rings. The van der Waals surface area contributed by atoms with Crippen molar-refractivity contribution in [2.75, 3.05) is 6.54 Å². The van der Waals surface area contributed by atoms with Crippen molar-refractivity contribution in [1.82, 2.24) is 5.32 Å². The van der Waals surface area contributed by atoms with E-state index in [1.807, 2.05) is 0 Å². The molecule has 1 heterocycles. The van der Waals surface area contributed by atoms with Crippen molar-refractivity contribution < 1.29 is 32.0 Å². The lowest BCUT2D eigenvalue weighted by Gasteiger charge is -2.29. The molecule has 5 rings (SSSR count). The third kappa shape index (κ3) is 6.27. The largest absolute Gasteiger partial charge is 0.435 e. The second-order valence-electron chi connectivity index (χ2n) is 9.49. The Bertz CT molecular complexity index is 1720. The van der Waals surface area contributed by atoms with Crippen LogP contribution in [0.3, 0.4) is 0 Å². The van der Waals surface area contributed by atoms with E-state index in [9.17, 15) is 22.4 Å². The second-order valence-corrected chi connectivity index (χ2v) is 10.7. The number of halogens is 7. The molecule has 1 aliphatic heterocycles. The summed E-state index contributed by atoms with van der Waals surface area (Å²) in [5.74, 6) is -1.48. The number of fused-ring (bicyclic) bond motifs is 1. The predicted molar refractivity (Wildman–Crippen MR) is 157 cm³/mol. The topological polar surface area (TPSA) is 72.3 Å². The maximum absolute atomic E-state index is 14.5. The van der Waals surface area contributed by atoms with Crippen LogP contribution in [0.4, 0.5) is 17.6 Å². The van der Waals surface area contributed by atoms with Gasteiger partial charge in [-0.2, -0.15) is 13.2 Å². The lowest BCUT2D eigenvalue weighted by Crippen LogP contribution is -2.42. The Hall–Kier alpha value is -3.86. The number of carbonyl (C=O) groups excluding carboxylic acids is 1. The highest BCUT2D eigenvalue weighted by atomic mass is 35.5. The van der Waals surface area contributed by atoms with Gasteiger partial charge in [-0.25, -0.2) is 4.39 Å². The first-order valence-electron chi connectivity index (χ1n) is 12.7. The minimum Gasteiger partial charge on any atom is -0.391 e. The molecule has 0 saturated carbocycles. The van der Waals surface area contributed by atoms with E-state index in [1.54, 1.807) is 48.5 Å². The van der Waals surface area contributed by atoms with Gasteiger partial charge in [0.15, 0.2) is 5.82 Å². The predicted octanol–water partition coefficient (Wildman–Crippen LogP) is 8.45. The van der Waals surface area contributed by atoms with Crippen LogP contribution >= 0.6 is 34.8 Å². The minimum absolute atomic E-state index is 0.0259. The number of nitrogens with one attached hydrogen (secondary N) is 1. The summed E-state index contributed by atoms with van der Waals surface area (Å²) in [6.07, 6.45) is -4.31. The molecule has 1 amide bonds. The van der Waals surface area contributed by atoms with Crippen LogP contribution in [0.1, 0.15) is 33.5 Å². The van der Waals surface area contributed by atoms with Gasteiger partial charge in [-0.05, 0) is 46.7 Å². The fourth-order valence-corrected chi connectivity index (χ4v) is 5.21. The molecule has 13 heteroatoms. The van der Waals surface area contributed by atoms with E-state index in [-0.39, 0.29) is 24.4 Å². The van der Waals surface area contributed by atoms with Gasteiger partial charge in [0, 0.05) is 28.1 Å². The van der Waals surface area contributed by atoms with Crippen LogP contribution in [0.2, 0.25) is 15.1 Å². The number of alkyl halides is 3. The summed E-state index contributed by atoms with van der Waals surface area (Å²) < 4.78 is 57.4. The highest BCUT2D eigenvalue weighted by Gasteiger charge is 2.62. The molecule has 1 N–H and O–H groups in total. The number of oxime groups is 2. The zero-order valence-electron chi connectivity index (χ0n) is 21.9. The summed E-state index contributed by atoms with van der Waals surface area (Å²) in [6, 6.07) is 18.4. The molecule has 43 heavy (non-hydrogen) atoms. The average Bonchev–Trinajstić information content (AvgIpc) is 3.45. The van der Waals surface area contributed by atoms with E-state index < -0.39 is 45.5 Å². The molecule has 1 unspecified atom stereocenters. The molecule has 0 spiro atoms. The van der Waals surface area contributed by atoms with Crippen LogP contribution in [0.15, 0.2) is 83.1 Å². The third-order valence-corrected chi connectivity index (χ3v) is 7.57. The Kier molecular flexibility index (Phi) is 8.82. The van der Waals surface area contributed by atoms with Crippen LogP contribution in [-0.2, 0) is 21.9 Å². The molecule has 0 aromatic heterocycles. The number of hydrogen-bond donors (Lipinski definition) is 1. The van der Waals surface area contributed by atoms with Gasteiger partial charge in [0.2, 0.25) is 0 Å². The van der Waals surface area contributed by atoms with Crippen molar-refractivity contribution in [3.05, 3.63) is 116 Å². The fraction of sp³-hybridized carbons (Fsp3) is 0.167. The van der Waals surface area contributed by atoms with Gasteiger partial charge in [-0.15, -0.1) is 0 Å². The maximum Gasteiger partial charge on any atom is 0.435 e. The number of carbonyl (C=O) groups is 1. The molecule has 0 fully saturated rings. The van der Waals surface area contributed by atoms with E-state index in [4.69, 9.17) is 44.5 Å². The normalized spacial score (nSPS) is 16.8. The molecule has 222 valence electrons. The summed E-state index contributed by atoms with van der Waals surface area (Å²) in [6.45, 7) is 0.283. The number of rotatable bonds is 8. The third-order valence-electron chi connectivity index (χ3n) is 6.76. The molecule has 0 aliphatic carbocycles. The number of amides is 1. The molecule has 1 aliphatic rings. The molecule has 6 nitrogen and oxygen atoms in total. The summed E-state index contributed by atoms with van der Waals surface area (Å²) in [5.41, 5.74) is -1.98. The quantitative estimate of drug-likeness (QED) is 0.0899. The molecule has 0 bridgehead atoms. The summed E-state index contributed by atoms with van der Waals surface area (Å²) in [4.78, 5) is 23.3. The Morgan fingerprint density at radius 3 is 2.37 bits per heavy atom. The van der Waals surface area contributed by atoms with Crippen LogP contribution in [0.5, 0.6) is 0 Å². The maximum atomic E-state index is 14.5. The summed E-state index contributed by atoms with van der Waals surface area (Å²) in [5, 5.41) is 10.7. The van der Waals surface area contributed by atoms with Crippen LogP contribution in [-0.4, -0.2) is 30.6 Å². The van der Waals surface area contributed by atoms with Crippen LogP contribution < -0.4 is 5.32 Å². The minimum atomic E-state index is -4.96. The SMILES string of the molecule is O=C(NCC=NOCc1ccc(Cl)cc1)c1ccc(C2=NOC(c3cc(Cl)c(F)c(Cl)c3)(C(F)(F)F)C2)c2ccccc12. The standard InChI is InChI=1S/C30H20Cl3F4N3O3/c31-19-7-5-17(6-8-19)16-42-39-12-11-38-28(41)23-10-9-22(20-3-1-2-4-21(20)23)26-15-29(43-40-26,30(35,36)37)18-13-24(32)27(34)25(33)14-18/h1-10,12-14H,11,15-16H2,(H,38,41). The zero-order chi connectivity index (χ0) is 30.8. The van der Waals surface area contributed by atoms with Gasteiger partial charge < -0.3 is 15.0 Å². The average molecular weight is 653 g/mol. The summed E-state index contributed by atoms with van der Waals surface area (Å²) in [7, 11) is 0. The molecule has 0 radical (unpaired) electrons. The number of hydrogen-bond acceptors (Lipinski definition) is 5. The van der Waals surface area contributed by atoms with E-state index in [2.05, 4.69) is 15.6 Å². The highest BCUT2D eigenvalue weighted by Crippen LogP contribution is 2.50. The second kappa shape index (κ2) is 12.4. The van der Waals surface area contributed by atoms with E-state index in [1.165, 1.54) is 18.3 Å². The van der Waals surface area contributed by atoms with Gasteiger partial charge in [-0.3, -0.25) is 4.79 Å². The van der Waals surface area contributed by atoms with Gasteiger partial charge in [0.25, 0.3) is 11.5 Å². The number of benzene rings is 4. The van der Waals surface area contributed by atoms with Crippen molar-refractivity contribution in [3.8, 4) is 0 Å². The highest BCUT2D eigenvalue weighted by molar-refractivity contribution is 6.35. The Labute approximate surface area is 257 Å². The Morgan fingerprint density at radius 2 is 1.70 bits per heavy atom. The van der Waals surface area contributed by atoms with Crippen LogP contribution in [0, 0.1) is 5.82 Å². The van der Waals surface area contributed by atoms with Crippen LogP contribution in [0.25, 0.3) is 10.8 Å². The first-order valence-corrected chi connectivity index (χ1v) is 13.8.